The van der Waals surface area contributed by atoms with Crippen LogP contribution in [-0.2, 0) is 21.5 Å². The van der Waals surface area contributed by atoms with E-state index in [4.69, 9.17) is 14.2 Å². The average molecular weight is 371 g/mol. The summed E-state index contributed by atoms with van der Waals surface area (Å²) >= 11 is 0. The molecule has 0 radical (unpaired) electrons. The molecule has 0 fully saturated rings. The SMILES string of the molecule is CC(C)OCCOc1ccc(C(C)(C)c2ccc(COC(C)C)cc2)cc1. The maximum atomic E-state index is 5.75. The van der Waals surface area contributed by atoms with E-state index >= 15 is 0 Å². The minimum Gasteiger partial charge on any atom is -0.491 e. The van der Waals surface area contributed by atoms with Gasteiger partial charge < -0.3 is 14.2 Å². The van der Waals surface area contributed by atoms with Crippen molar-refractivity contribution in [1.29, 1.82) is 0 Å². The van der Waals surface area contributed by atoms with Gasteiger partial charge in [-0.25, -0.2) is 0 Å². The molecule has 3 heteroatoms. The lowest BCUT2D eigenvalue weighted by Crippen LogP contribution is -2.19. The van der Waals surface area contributed by atoms with Gasteiger partial charge in [0.05, 0.1) is 25.4 Å². The summed E-state index contributed by atoms with van der Waals surface area (Å²) in [6.45, 7) is 14.5. The van der Waals surface area contributed by atoms with Crippen LogP contribution in [0.2, 0.25) is 0 Å². The van der Waals surface area contributed by atoms with Crippen molar-refractivity contribution < 1.29 is 14.2 Å². The summed E-state index contributed by atoms with van der Waals surface area (Å²) in [5.41, 5.74) is 3.68. The average Bonchev–Trinajstić information content (AvgIpc) is 2.64. The highest BCUT2D eigenvalue weighted by molar-refractivity contribution is 5.40. The Balaban J connectivity index is 1.99. The molecular weight excluding hydrogens is 336 g/mol. The van der Waals surface area contributed by atoms with Crippen LogP contribution in [0, 0.1) is 0 Å². The summed E-state index contributed by atoms with van der Waals surface area (Å²) in [6.07, 6.45) is 0.485. The van der Waals surface area contributed by atoms with E-state index in [0.717, 1.165) is 5.75 Å². The zero-order chi connectivity index (χ0) is 19.9. The molecule has 2 aromatic rings. The van der Waals surface area contributed by atoms with Crippen molar-refractivity contribution in [3.63, 3.8) is 0 Å². The first-order valence-electron chi connectivity index (χ1n) is 9.85. The van der Waals surface area contributed by atoms with Crippen molar-refractivity contribution in [1.82, 2.24) is 0 Å². The zero-order valence-corrected chi connectivity index (χ0v) is 17.6. The molecule has 0 aliphatic carbocycles. The maximum absolute atomic E-state index is 5.75. The van der Waals surface area contributed by atoms with Gasteiger partial charge in [-0.2, -0.15) is 0 Å². The zero-order valence-electron chi connectivity index (χ0n) is 17.6. The second-order valence-corrected chi connectivity index (χ2v) is 7.97. The van der Waals surface area contributed by atoms with Gasteiger partial charge in [-0.3, -0.25) is 0 Å². The van der Waals surface area contributed by atoms with Crippen molar-refractivity contribution in [3.8, 4) is 5.75 Å². The molecule has 2 rings (SSSR count). The van der Waals surface area contributed by atoms with Crippen LogP contribution in [-0.4, -0.2) is 25.4 Å². The van der Waals surface area contributed by atoms with Gasteiger partial charge in [-0.1, -0.05) is 50.2 Å². The molecule has 0 heterocycles. The third-order valence-electron chi connectivity index (χ3n) is 4.64. The minimum atomic E-state index is -0.0727. The first-order valence-corrected chi connectivity index (χ1v) is 9.85. The number of hydrogen-bond acceptors (Lipinski definition) is 3. The highest BCUT2D eigenvalue weighted by atomic mass is 16.5. The largest absolute Gasteiger partial charge is 0.491 e. The van der Waals surface area contributed by atoms with E-state index in [-0.39, 0.29) is 17.6 Å². The molecule has 0 spiro atoms. The Bertz CT molecular complexity index is 670. The molecule has 0 atom stereocenters. The van der Waals surface area contributed by atoms with Crippen LogP contribution in [0.5, 0.6) is 5.75 Å². The Morgan fingerprint density at radius 3 is 1.74 bits per heavy atom. The van der Waals surface area contributed by atoms with Gasteiger partial charge in [0.1, 0.15) is 12.4 Å². The third-order valence-corrected chi connectivity index (χ3v) is 4.64. The summed E-state index contributed by atoms with van der Waals surface area (Å²) in [7, 11) is 0. The molecule has 2 aromatic carbocycles. The van der Waals surface area contributed by atoms with Crippen molar-refractivity contribution in [2.75, 3.05) is 13.2 Å². The lowest BCUT2D eigenvalue weighted by atomic mass is 9.78. The smallest absolute Gasteiger partial charge is 0.119 e. The maximum Gasteiger partial charge on any atom is 0.119 e. The summed E-state index contributed by atoms with van der Waals surface area (Å²) in [5, 5.41) is 0. The highest BCUT2D eigenvalue weighted by Crippen LogP contribution is 2.32. The molecule has 0 aromatic heterocycles. The second kappa shape index (κ2) is 9.91. The number of ether oxygens (including phenoxy) is 3. The fraction of sp³-hybridized carbons (Fsp3) is 0.500. The minimum absolute atomic E-state index is 0.0727. The molecule has 0 saturated heterocycles. The van der Waals surface area contributed by atoms with Crippen LogP contribution in [0.15, 0.2) is 48.5 Å². The topological polar surface area (TPSA) is 27.7 Å². The first kappa shape index (κ1) is 21.5. The third kappa shape index (κ3) is 6.67. The van der Waals surface area contributed by atoms with Gasteiger partial charge in [-0.05, 0) is 56.5 Å². The van der Waals surface area contributed by atoms with Gasteiger partial charge >= 0.3 is 0 Å². The van der Waals surface area contributed by atoms with E-state index in [2.05, 4.69) is 64.1 Å². The Morgan fingerprint density at radius 2 is 1.22 bits per heavy atom. The molecular formula is C24H34O3. The monoisotopic (exact) mass is 370 g/mol. The van der Waals surface area contributed by atoms with Crippen LogP contribution in [0.25, 0.3) is 0 Å². The lowest BCUT2D eigenvalue weighted by molar-refractivity contribution is 0.0552. The molecule has 0 unspecified atom stereocenters. The van der Waals surface area contributed by atoms with Gasteiger partial charge in [0.2, 0.25) is 0 Å². The molecule has 0 saturated carbocycles. The van der Waals surface area contributed by atoms with Crippen molar-refractivity contribution in [2.24, 2.45) is 0 Å². The number of rotatable bonds is 10. The second-order valence-electron chi connectivity index (χ2n) is 7.97. The standard InChI is InChI=1S/C24H34O3/c1-18(2)25-15-16-26-23-13-11-22(12-14-23)24(5,6)21-9-7-20(8-10-21)17-27-19(3)4/h7-14,18-19H,15-17H2,1-6H3. The Labute approximate surface area is 164 Å². The van der Waals surface area contributed by atoms with Crippen LogP contribution in [0.3, 0.4) is 0 Å². The quantitative estimate of drug-likeness (QED) is 0.499. The fourth-order valence-corrected chi connectivity index (χ4v) is 2.86. The fourth-order valence-electron chi connectivity index (χ4n) is 2.86. The molecule has 148 valence electrons. The summed E-state index contributed by atoms with van der Waals surface area (Å²) in [5.74, 6) is 0.878. The molecule has 0 amide bonds. The van der Waals surface area contributed by atoms with Gasteiger partial charge in [-0.15, -0.1) is 0 Å². The van der Waals surface area contributed by atoms with Crippen LogP contribution in [0.4, 0.5) is 0 Å². The molecule has 27 heavy (non-hydrogen) atoms. The first-order chi connectivity index (χ1) is 12.8. The predicted octanol–water partition coefficient (Wildman–Crippen LogP) is 5.74. The van der Waals surface area contributed by atoms with Crippen molar-refractivity contribution in [2.45, 2.75) is 65.8 Å². The Morgan fingerprint density at radius 1 is 0.704 bits per heavy atom. The number of hydrogen-bond donors (Lipinski definition) is 0. The Hall–Kier alpha value is -1.84. The normalized spacial score (nSPS) is 12.0. The van der Waals surface area contributed by atoms with E-state index in [0.29, 0.717) is 19.8 Å². The lowest BCUT2D eigenvalue weighted by Gasteiger charge is -2.26. The summed E-state index contributed by atoms with van der Waals surface area (Å²) in [4.78, 5) is 0. The molecule has 0 aliphatic rings. The summed E-state index contributed by atoms with van der Waals surface area (Å²) in [6, 6.07) is 17.1. The molecule has 3 nitrogen and oxygen atoms in total. The van der Waals surface area contributed by atoms with E-state index < -0.39 is 0 Å². The summed E-state index contributed by atoms with van der Waals surface area (Å²) < 4.78 is 16.9. The van der Waals surface area contributed by atoms with Crippen LogP contribution < -0.4 is 4.74 Å². The predicted molar refractivity (Wildman–Crippen MR) is 112 cm³/mol. The number of benzene rings is 2. The van der Waals surface area contributed by atoms with E-state index in [1.54, 1.807) is 0 Å². The van der Waals surface area contributed by atoms with Crippen molar-refractivity contribution >= 4 is 0 Å². The van der Waals surface area contributed by atoms with Gasteiger partial charge in [0, 0.05) is 5.41 Å². The molecule has 0 N–H and O–H groups in total. The van der Waals surface area contributed by atoms with E-state index in [9.17, 15) is 0 Å². The van der Waals surface area contributed by atoms with E-state index in [1.165, 1.54) is 16.7 Å². The Kier molecular flexibility index (Phi) is 7.88. The molecule has 0 aliphatic heterocycles. The highest BCUT2D eigenvalue weighted by Gasteiger charge is 2.23. The van der Waals surface area contributed by atoms with Gasteiger partial charge in [0.15, 0.2) is 0 Å². The van der Waals surface area contributed by atoms with Crippen molar-refractivity contribution in [3.05, 3.63) is 65.2 Å². The van der Waals surface area contributed by atoms with Crippen LogP contribution in [0.1, 0.15) is 58.2 Å². The molecule has 0 bridgehead atoms. The van der Waals surface area contributed by atoms with Crippen LogP contribution >= 0.6 is 0 Å². The van der Waals surface area contributed by atoms with Gasteiger partial charge in [0.25, 0.3) is 0 Å². The van der Waals surface area contributed by atoms with E-state index in [1.807, 2.05) is 26.0 Å².